The van der Waals surface area contributed by atoms with E-state index < -0.39 is 0 Å². The van der Waals surface area contributed by atoms with Crippen LogP contribution in [-0.4, -0.2) is 41.3 Å². The Kier molecular flexibility index (Phi) is 4.34. The van der Waals surface area contributed by atoms with Gasteiger partial charge in [-0.3, -0.25) is 4.90 Å². The van der Waals surface area contributed by atoms with Crippen LogP contribution >= 0.6 is 0 Å². The van der Waals surface area contributed by atoms with E-state index in [-0.39, 0.29) is 12.0 Å². The molecule has 1 fully saturated rings. The van der Waals surface area contributed by atoms with E-state index in [0.717, 1.165) is 36.1 Å². The molecule has 2 aromatic rings. The fourth-order valence-electron chi connectivity index (χ4n) is 3.96. The second kappa shape index (κ2) is 6.64. The topological polar surface area (TPSA) is 34.6 Å². The summed E-state index contributed by atoms with van der Waals surface area (Å²) in [6, 6.07) is 8.79. The molecule has 4 rings (SSSR count). The lowest BCUT2D eigenvalue weighted by Crippen LogP contribution is -2.40. The van der Waals surface area contributed by atoms with Crippen molar-refractivity contribution in [3.8, 4) is 11.3 Å². The Morgan fingerprint density at radius 2 is 1.96 bits per heavy atom. The van der Waals surface area contributed by atoms with E-state index in [1.807, 2.05) is 18.5 Å². The van der Waals surface area contributed by atoms with Crippen molar-refractivity contribution in [3.63, 3.8) is 0 Å². The summed E-state index contributed by atoms with van der Waals surface area (Å²) in [7, 11) is 2.09. The van der Waals surface area contributed by atoms with E-state index in [9.17, 15) is 4.39 Å². The van der Waals surface area contributed by atoms with Crippen molar-refractivity contribution in [2.45, 2.75) is 32.4 Å². The number of H-pyrrole nitrogens is 1. The monoisotopic (exact) mass is 340 g/mol. The molecule has 25 heavy (non-hydrogen) atoms. The maximum atomic E-state index is 13.2. The number of hydrogen-bond acceptors (Lipinski definition) is 3. The molecule has 0 amide bonds. The van der Waals surface area contributed by atoms with Gasteiger partial charge in [-0.05, 0) is 61.1 Å². The SMILES string of the molecule is CC1CCCN(C2c3cc(-c4ccc(F)cc4)[nH]c3N=CN2C)CC1. The van der Waals surface area contributed by atoms with Gasteiger partial charge in [-0.2, -0.15) is 0 Å². The zero-order valence-electron chi connectivity index (χ0n) is 14.9. The second-order valence-electron chi connectivity index (χ2n) is 7.35. The largest absolute Gasteiger partial charge is 0.346 e. The number of fused-ring (bicyclic) bond motifs is 1. The molecule has 0 spiro atoms. The zero-order valence-corrected chi connectivity index (χ0v) is 14.9. The lowest BCUT2D eigenvalue weighted by atomic mass is 10.0. The third-order valence-electron chi connectivity index (χ3n) is 5.41. The third kappa shape index (κ3) is 3.21. The van der Waals surface area contributed by atoms with Crippen LogP contribution in [0.2, 0.25) is 0 Å². The summed E-state index contributed by atoms with van der Waals surface area (Å²) in [6.45, 7) is 4.58. The third-order valence-corrected chi connectivity index (χ3v) is 5.41. The van der Waals surface area contributed by atoms with Gasteiger partial charge in [0.25, 0.3) is 0 Å². The van der Waals surface area contributed by atoms with E-state index in [1.165, 1.54) is 37.0 Å². The first kappa shape index (κ1) is 16.3. The normalized spacial score (nSPS) is 24.2. The molecule has 1 aromatic carbocycles. The minimum atomic E-state index is -0.214. The van der Waals surface area contributed by atoms with Gasteiger partial charge in [0.15, 0.2) is 0 Å². The molecular weight excluding hydrogens is 315 g/mol. The number of nitrogens with one attached hydrogen (secondary N) is 1. The molecule has 1 saturated heterocycles. The molecule has 0 bridgehead atoms. The molecule has 1 N–H and O–H groups in total. The molecule has 2 aliphatic heterocycles. The Bertz CT molecular complexity index is 765. The summed E-state index contributed by atoms with van der Waals surface area (Å²) < 4.78 is 13.2. The lowest BCUT2D eigenvalue weighted by molar-refractivity contribution is 0.111. The molecule has 132 valence electrons. The molecule has 2 unspecified atom stereocenters. The predicted octanol–water partition coefficient (Wildman–Crippen LogP) is 4.55. The quantitative estimate of drug-likeness (QED) is 0.870. The number of likely N-dealkylation sites (tertiary alicyclic amines) is 1. The van der Waals surface area contributed by atoms with Crippen LogP contribution in [0, 0.1) is 11.7 Å². The smallest absolute Gasteiger partial charge is 0.138 e. The van der Waals surface area contributed by atoms with Gasteiger partial charge in [0.2, 0.25) is 0 Å². The van der Waals surface area contributed by atoms with Gasteiger partial charge in [-0.25, -0.2) is 9.38 Å². The highest BCUT2D eigenvalue weighted by molar-refractivity contribution is 5.71. The molecular formula is C20H25FN4. The van der Waals surface area contributed by atoms with Crippen molar-refractivity contribution < 1.29 is 4.39 Å². The van der Waals surface area contributed by atoms with Crippen molar-refractivity contribution in [1.82, 2.24) is 14.8 Å². The van der Waals surface area contributed by atoms with Crippen molar-refractivity contribution >= 4 is 12.2 Å². The number of halogens is 1. The Balaban J connectivity index is 1.67. The fourth-order valence-corrected chi connectivity index (χ4v) is 3.96. The van der Waals surface area contributed by atoms with Crippen LogP contribution in [0.15, 0.2) is 35.3 Å². The van der Waals surface area contributed by atoms with Crippen molar-refractivity contribution in [3.05, 3.63) is 41.7 Å². The molecule has 4 nitrogen and oxygen atoms in total. The number of aromatic nitrogens is 1. The number of aromatic amines is 1. The lowest BCUT2D eigenvalue weighted by Gasteiger charge is -2.38. The van der Waals surface area contributed by atoms with Crippen LogP contribution in [0.3, 0.4) is 0 Å². The minimum absolute atomic E-state index is 0.211. The van der Waals surface area contributed by atoms with Gasteiger partial charge in [0.05, 0.1) is 6.34 Å². The first-order valence-corrected chi connectivity index (χ1v) is 9.11. The zero-order chi connectivity index (χ0) is 17.4. The maximum absolute atomic E-state index is 13.2. The molecule has 5 heteroatoms. The molecule has 2 aliphatic rings. The second-order valence-corrected chi connectivity index (χ2v) is 7.35. The summed E-state index contributed by atoms with van der Waals surface area (Å²) in [5, 5.41) is 0. The summed E-state index contributed by atoms with van der Waals surface area (Å²) >= 11 is 0. The molecule has 1 aromatic heterocycles. The van der Waals surface area contributed by atoms with Gasteiger partial charge in [-0.15, -0.1) is 0 Å². The number of benzene rings is 1. The highest BCUT2D eigenvalue weighted by atomic mass is 19.1. The van der Waals surface area contributed by atoms with Crippen molar-refractivity contribution in [2.75, 3.05) is 20.1 Å². The van der Waals surface area contributed by atoms with Crippen LogP contribution in [0.25, 0.3) is 11.3 Å². The Hall–Kier alpha value is -2.14. The fraction of sp³-hybridized carbons (Fsp3) is 0.450. The van der Waals surface area contributed by atoms with E-state index in [2.05, 4.69) is 39.8 Å². The van der Waals surface area contributed by atoms with Crippen LogP contribution in [-0.2, 0) is 0 Å². The first-order chi connectivity index (χ1) is 12.1. The minimum Gasteiger partial charge on any atom is -0.346 e. The highest BCUT2D eigenvalue weighted by Gasteiger charge is 2.31. The van der Waals surface area contributed by atoms with Gasteiger partial charge in [0, 0.05) is 31.4 Å². The highest BCUT2D eigenvalue weighted by Crippen LogP contribution is 2.38. The van der Waals surface area contributed by atoms with Crippen LogP contribution in [0.1, 0.15) is 37.9 Å². The summed E-state index contributed by atoms with van der Waals surface area (Å²) in [5.41, 5.74) is 3.18. The molecule has 0 aliphatic carbocycles. The van der Waals surface area contributed by atoms with Gasteiger partial charge < -0.3 is 9.88 Å². The summed E-state index contributed by atoms with van der Waals surface area (Å²) in [5.74, 6) is 1.50. The Labute approximate surface area is 148 Å². The molecule has 3 heterocycles. The number of rotatable bonds is 2. The van der Waals surface area contributed by atoms with Gasteiger partial charge in [0.1, 0.15) is 17.8 Å². The van der Waals surface area contributed by atoms with Crippen LogP contribution in [0.4, 0.5) is 10.2 Å². The number of aliphatic imine (C=N–C) groups is 1. The number of nitrogens with zero attached hydrogens (tertiary/aromatic N) is 3. The van der Waals surface area contributed by atoms with E-state index >= 15 is 0 Å². The average molecular weight is 340 g/mol. The Morgan fingerprint density at radius 1 is 1.16 bits per heavy atom. The molecule has 0 radical (unpaired) electrons. The predicted molar refractivity (Wildman–Crippen MR) is 99.4 cm³/mol. The maximum Gasteiger partial charge on any atom is 0.138 e. The van der Waals surface area contributed by atoms with E-state index in [4.69, 9.17) is 0 Å². The van der Waals surface area contributed by atoms with Crippen molar-refractivity contribution in [2.24, 2.45) is 10.9 Å². The van der Waals surface area contributed by atoms with Crippen molar-refractivity contribution in [1.29, 1.82) is 0 Å². The standard InChI is InChI=1S/C20H25FN4/c1-14-4-3-10-25(11-9-14)20-17-12-18(15-5-7-16(21)8-6-15)23-19(17)22-13-24(20)2/h5-8,12-14,20,23H,3-4,9-11H2,1-2H3. The summed E-state index contributed by atoms with van der Waals surface area (Å²) in [4.78, 5) is 12.7. The van der Waals surface area contributed by atoms with E-state index in [0.29, 0.717) is 0 Å². The van der Waals surface area contributed by atoms with Gasteiger partial charge in [-0.1, -0.05) is 6.92 Å². The van der Waals surface area contributed by atoms with Crippen LogP contribution in [0.5, 0.6) is 0 Å². The van der Waals surface area contributed by atoms with Crippen LogP contribution < -0.4 is 0 Å². The van der Waals surface area contributed by atoms with E-state index in [1.54, 1.807) is 0 Å². The molecule has 0 saturated carbocycles. The van der Waals surface area contributed by atoms with Gasteiger partial charge >= 0.3 is 0 Å². The summed E-state index contributed by atoms with van der Waals surface area (Å²) in [6.07, 6.45) is 5.91. The average Bonchev–Trinajstić information content (AvgIpc) is 2.91. The Morgan fingerprint density at radius 3 is 2.76 bits per heavy atom. The number of hydrogen-bond donors (Lipinski definition) is 1. The first-order valence-electron chi connectivity index (χ1n) is 9.11. The molecule has 2 atom stereocenters.